The number of ether oxygens (including phenoxy) is 8. The maximum Gasteiger partial charge on any atom is 0.417 e. The first-order valence-corrected chi connectivity index (χ1v) is 52.4. The van der Waals surface area contributed by atoms with Crippen LogP contribution in [0.2, 0.25) is 10.0 Å². The quantitative estimate of drug-likeness (QED) is 0.0157. The van der Waals surface area contributed by atoms with Crippen LogP contribution in [0, 0.1) is 0 Å². The minimum atomic E-state index is -3.21. The van der Waals surface area contributed by atoms with E-state index in [1.165, 1.54) is 73.8 Å². The number of aliphatic hydroxyl groups is 7. The average Bonchev–Trinajstić information content (AvgIpc) is 1.67. The smallest absolute Gasteiger partial charge is 0.417 e. The number of carboxylic acids is 1. The van der Waals surface area contributed by atoms with Gasteiger partial charge in [0.25, 0.3) is 0 Å². The molecule has 0 saturated carbocycles. The molecule has 7 aromatic carbocycles. The normalized spacial score (nSPS) is 25.8. The zero-order chi connectivity index (χ0) is 107. The first-order valence-electron chi connectivity index (χ1n) is 50.1. The number of esters is 1. The van der Waals surface area contributed by atoms with Crippen molar-refractivity contribution in [2.24, 2.45) is 0 Å². The number of aliphatic carboxylic acids is 1. The second-order valence-electron chi connectivity index (χ2n) is 38.5. The SMILES string of the molecule is CC(=O)[O-].CCCCCCCCCCCC(=O)N[C@H]1[C@H](Oc2c3cc4cc2Oc2ccc(cc2Cl)[C@@H](O)[C@@H]2NC(=O)[C@H](NC(=O)[C@@H]4NC(=O)[C@H]4NC(=O)[C@@H](Cc5ccc(cc5)O3)NC(=O)[C@@H](NC)c3ccc(O)c(c3)Oc3cc(O[P+](N5CCCC5)(N5CCCC5)N5CCCC5)c(Cl)c4c3)c3ccc(O)c(c3)-c3c(O[C@H]4O[C@H](CO)[C@@H](O)[C@H](O)[C@@H]4O)cc(O)cc3[C@@H](C(=O)NCCCN(C)C)NC2=O)O[C@H](C(=O)OC)[C@@H](O)[C@@H]1O. The third kappa shape index (κ3) is 25.5. The highest BCUT2D eigenvalue weighted by molar-refractivity contribution is 7.64. The summed E-state index contributed by atoms with van der Waals surface area (Å²) in [6.07, 6.45) is -7.84. The Morgan fingerprint density at radius 1 is 0.550 bits per heavy atom. The summed E-state index contributed by atoms with van der Waals surface area (Å²) in [6, 6.07) is 7.82. The Hall–Kier alpha value is -12.1. The standard InChI is InChI=1S/C101H124Cl2N13O28P.C2H4O2/c1-6-7-8-9-10-11-12-13-14-22-74(121)107-83-86(124)88(126)91(99(135)136-5)143-100(83)142-90-71-45-56-46-72(90)139-67-32-27-55(43-63(67)102)84(122)82-98(134)111-80(93(129)105-33-21-34-113(3)4)61-47-57(118)48-69(140-101-89(127)87(125)85(123)73(51-117)141-101)75(61)60-42-53(25-30-65(60)119)78(95(131)112-82)108-96(132)79(56)109-97(133)81-62-49-59(50-70(76(62)103)144-145(114-35-15-16-36-114,115-37-17-18-38-115)116-39-19-20-40-116)138-68-44-54(26-31-66(68)120)77(104-2)94(130)106-64(92(128)110-81)41-52-23-28-58(137-71)29-24-52;1-2(3)4/h23-32,42-50,64,73,77-89,91,100-101,104,117,122-127H,6-22,33-41,51H2,1-5H3,(H10-,105,106,107,108,109,110,111,112,118,119,120,121,128,129,130,131,132,133,134);1H3,(H,3,4)/t64-,73-,77+,78-,79-,80+,81+,82+,83-,84-,85-,86-,87+,88+,89+,91+,100-,101+;/m1./s1. The summed E-state index contributed by atoms with van der Waals surface area (Å²) in [5.74, 6) is -16.6. The summed E-state index contributed by atoms with van der Waals surface area (Å²) in [7, 11) is 2.83. The van der Waals surface area contributed by atoms with Crippen LogP contribution in [-0.2, 0) is 68.6 Å². The molecule has 7 aromatic rings. The molecule has 46 heteroatoms. The number of amides is 8. The second-order valence-corrected chi connectivity index (χ2v) is 42.2. The number of phenols is 3. The molecule has 19 N–H and O–H groups in total. The van der Waals surface area contributed by atoms with Crippen LogP contribution in [0.4, 0.5) is 0 Å². The summed E-state index contributed by atoms with van der Waals surface area (Å²) in [6.45, 7) is 6.18. The molecule has 11 aliphatic heterocycles. The number of phenolic OH excluding ortho intramolecular Hbond substituents is 3. The van der Waals surface area contributed by atoms with Crippen molar-refractivity contribution in [2.45, 2.75) is 239 Å². The van der Waals surface area contributed by atoms with Crippen LogP contribution in [0.3, 0.4) is 0 Å². The third-order valence-electron chi connectivity index (χ3n) is 27.6. The number of carbonyl (C=O) groups excluding carboxylic acids is 10. The number of fused-ring (bicyclic) bond motifs is 14. The zero-order valence-electron chi connectivity index (χ0n) is 83.1. The van der Waals surface area contributed by atoms with E-state index in [2.05, 4.69) is 68.8 Å². The predicted octanol–water partition coefficient (Wildman–Crippen LogP) is 5.79. The number of unbranched alkanes of at least 4 members (excludes halogenated alkanes) is 8. The lowest BCUT2D eigenvalue weighted by atomic mass is 9.89. The van der Waals surface area contributed by atoms with Crippen LogP contribution in [0.15, 0.2) is 115 Å². The van der Waals surface area contributed by atoms with Crippen LogP contribution in [-0.4, -0.2) is 290 Å². The van der Waals surface area contributed by atoms with Gasteiger partial charge in [0.1, 0.15) is 126 Å². The highest BCUT2D eigenvalue weighted by atomic mass is 35.5. The molecule has 0 spiro atoms. The van der Waals surface area contributed by atoms with Gasteiger partial charge in [-0.3, -0.25) is 42.9 Å². The molecule has 149 heavy (non-hydrogen) atoms. The highest BCUT2D eigenvalue weighted by Gasteiger charge is 2.63. The molecule has 0 aliphatic carbocycles. The largest absolute Gasteiger partial charge is 0.550 e. The van der Waals surface area contributed by atoms with E-state index in [0.717, 1.165) is 146 Å². The summed E-state index contributed by atoms with van der Waals surface area (Å²) >= 11 is 15.5. The highest BCUT2D eigenvalue weighted by Crippen LogP contribution is 2.71. The zero-order valence-corrected chi connectivity index (χ0v) is 85.5. The molecule has 18 atom stereocenters. The first-order chi connectivity index (χ1) is 71.5. The first kappa shape index (κ1) is 111. The molecule has 17 bridgehead atoms. The predicted molar refractivity (Wildman–Crippen MR) is 536 cm³/mol. The van der Waals surface area contributed by atoms with Gasteiger partial charge in [0.15, 0.2) is 29.1 Å². The number of aromatic hydroxyl groups is 3. The van der Waals surface area contributed by atoms with Gasteiger partial charge in [0.05, 0.1) is 23.8 Å². The van der Waals surface area contributed by atoms with Gasteiger partial charge < -0.3 is 152 Å². The molecule has 0 aromatic heterocycles. The second kappa shape index (κ2) is 49.8. The van der Waals surface area contributed by atoms with Crippen LogP contribution in [0.1, 0.15) is 198 Å². The lowest BCUT2D eigenvalue weighted by Crippen LogP contribution is -2.66. The number of nitrogens with one attached hydrogen (secondary N) is 9. The van der Waals surface area contributed by atoms with E-state index < -0.39 is 251 Å². The van der Waals surface area contributed by atoms with Crippen molar-refractivity contribution in [3.63, 3.8) is 0 Å². The van der Waals surface area contributed by atoms with E-state index in [0.29, 0.717) is 70.6 Å². The molecule has 0 unspecified atom stereocenters. The Balaban J connectivity index is 0.00000408. The van der Waals surface area contributed by atoms with E-state index in [4.69, 9.17) is 75.5 Å². The number of methoxy groups -OCH3 is 1. The molecule has 804 valence electrons. The van der Waals surface area contributed by atoms with Gasteiger partial charge in [0, 0.05) is 93.4 Å². The number of likely N-dealkylation sites (N-methyl/N-ethyl adjacent to an activating group) is 1. The van der Waals surface area contributed by atoms with E-state index in [1.54, 1.807) is 14.1 Å². The fourth-order valence-corrected chi connectivity index (χ4v) is 24.6. The summed E-state index contributed by atoms with van der Waals surface area (Å²) in [4.78, 5) is 154. The number of hydrogen-bond donors (Lipinski definition) is 19. The van der Waals surface area contributed by atoms with Crippen molar-refractivity contribution < 1.29 is 147 Å². The Labute approximate surface area is 869 Å². The Kier molecular flexibility index (Phi) is 37.1. The number of benzene rings is 7. The van der Waals surface area contributed by atoms with Crippen molar-refractivity contribution in [3.8, 4) is 80.1 Å². The van der Waals surface area contributed by atoms with Crippen molar-refractivity contribution in [1.82, 2.24) is 66.8 Å². The average molecular weight is 2130 g/mol. The fraction of sp³-hybridized carbons (Fsp3) is 0.495. The van der Waals surface area contributed by atoms with Gasteiger partial charge in [-0.25, -0.2) is 4.79 Å². The maximum absolute atomic E-state index is 17.4. The number of halogens is 2. The summed E-state index contributed by atoms with van der Waals surface area (Å²) in [5, 5.41) is 152. The molecule has 5 fully saturated rings. The minimum Gasteiger partial charge on any atom is -0.550 e. The van der Waals surface area contributed by atoms with Gasteiger partial charge in [-0.15, -0.1) is 14.0 Å². The lowest BCUT2D eigenvalue weighted by molar-refractivity contribution is -0.302. The lowest BCUT2D eigenvalue weighted by Gasteiger charge is -2.41. The monoisotopic (exact) mass is 2130 g/mol. The molecule has 11 aliphatic rings. The van der Waals surface area contributed by atoms with Crippen LogP contribution in [0.5, 0.6) is 69.0 Å². The molecule has 18 rings (SSSR count). The Morgan fingerprint density at radius 2 is 1.14 bits per heavy atom. The van der Waals surface area contributed by atoms with Crippen molar-refractivity contribution in [1.29, 1.82) is 0 Å². The Morgan fingerprint density at radius 3 is 1.77 bits per heavy atom. The number of aliphatic hydroxyl groups excluding tert-OH is 7. The molecule has 5 saturated heterocycles. The fourth-order valence-electron chi connectivity index (χ4n) is 19.8. The maximum atomic E-state index is 17.4. The molecule has 8 amide bonds. The number of carbonyl (C=O) groups is 10. The van der Waals surface area contributed by atoms with Crippen molar-refractivity contribution in [3.05, 3.63) is 164 Å². The number of rotatable bonds is 28. The number of hydrogen-bond acceptors (Lipinski definition) is 35. The van der Waals surface area contributed by atoms with E-state index in [-0.39, 0.29) is 75.4 Å². The summed E-state index contributed by atoms with van der Waals surface area (Å²) < 4.78 is 66.2. The molecular weight excluding hydrogens is 2000 g/mol. The molecule has 0 radical (unpaired) electrons. The van der Waals surface area contributed by atoms with Gasteiger partial charge in [-0.2, -0.15) is 0 Å². The number of carboxylic acid groups (broad SMARTS) is 1. The Bertz CT molecular complexity index is 5970. The van der Waals surface area contributed by atoms with Gasteiger partial charge in [-0.1, -0.05) is 112 Å². The van der Waals surface area contributed by atoms with Gasteiger partial charge in [-0.05, 0) is 192 Å². The summed E-state index contributed by atoms with van der Waals surface area (Å²) in [5.41, 5.74) is -2.15. The molecule has 43 nitrogen and oxygen atoms in total. The molecular formula is C103H128Cl2N13O30P. The van der Waals surface area contributed by atoms with Crippen molar-refractivity contribution >= 4 is 90.3 Å². The number of nitrogens with zero attached hydrogens (tertiary/aromatic N) is 4. The van der Waals surface area contributed by atoms with E-state index in [9.17, 15) is 60.7 Å². The van der Waals surface area contributed by atoms with E-state index in [1.807, 2.05) is 4.90 Å². The van der Waals surface area contributed by atoms with Gasteiger partial charge in [0.2, 0.25) is 71.3 Å². The van der Waals surface area contributed by atoms with Crippen LogP contribution < -0.4 is 81.2 Å². The third-order valence-corrected chi connectivity index (χ3v) is 32.1. The van der Waals surface area contributed by atoms with Crippen LogP contribution >= 0.6 is 31.1 Å². The topological polar surface area (TPSA) is 600 Å². The van der Waals surface area contributed by atoms with E-state index >= 15 is 33.6 Å². The minimum absolute atomic E-state index is 0.0701. The van der Waals surface area contributed by atoms with Crippen molar-refractivity contribution in [2.75, 3.05) is 87.2 Å². The van der Waals surface area contributed by atoms with Crippen LogP contribution in [0.25, 0.3) is 11.1 Å². The molecule has 11 heterocycles. The van der Waals surface area contributed by atoms with Gasteiger partial charge >= 0.3 is 13.9 Å².